The van der Waals surface area contributed by atoms with Gasteiger partial charge in [0.05, 0.1) is 6.10 Å². The Kier molecular flexibility index (Phi) is 4.45. The second-order valence-corrected chi connectivity index (χ2v) is 5.39. The van der Waals surface area contributed by atoms with Crippen molar-refractivity contribution in [1.82, 2.24) is 5.32 Å². The van der Waals surface area contributed by atoms with Crippen molar-refractivity contribution < 1.29 is 14.6 Å². The quantitative estimate of drug-likeness (QED) is 0.871. The topological polar surface area (TPSA) is 58.6 Å². The summed E-state index contributed by atoms with van der Waals surface area (Å²) >= 11 is 5.94. The first kappa shape index (κ1) is 14.3. The molecular formula is C14H18ClNO3. The number of hydrogen-bond donors (Lipinski definition) is 2. The van der Waals surface area contributed by atoms with Crippen molar-refractivity contribution in [2.45, 2.75) is 31.4 Å². The standard InChI is InChI=1S/C14H18ClNO3/c1-14(13(17)18,10-4-2-5-11(15)8-10)16-9-12-6-3-7-19-12/h2,4-5,8,12,16H,3,6-7,9H2,1H3,(H,17,18). The molecule has 1 aliphatic heterocycles. The Morgan fingerprint density at radius 1 is 1.63 bits per heavy atom. The third-order valence-electron chi connectivity index (χ3n) is 3.54. The summed E-state index contributed by atoms with van der Waals surface area (Å²) in [6, 6.07) is 6.93. The molecule has 1 heterocycles. The Hall–Kier alpha value is -1.10. The molecule has 0 saturated carbocycles. The van der Waals surface area contributed by atoms with Crippen LogP contribution in [0.5, 0.6) is 0 Å². The van der Waals surface area contributed by atoms with Crippen LogP contribution in [0.15, 0.2) is 24.3 Å². The number of aliphatic carboxylic acids is 1. The number of hydrogen-bond acceptors (Lipinski definition) is 3. The van der Waals surface area contributed by atoms with Crippen molar-refractivity contribution in [1.29, 1.82) is 0 Å². The van der Waals surface area contributed by atoms with Crippen molar-refractivity contribution in [3.05, 3.63) is 34.9 Å². The first-order chi connectivity index (χ1) is 9.02. The fourth-order valence-corrected chi connectivity index (χ4v) is 2.41. The van der Waals surface area contributed by atoms with E-state index in [9.17, 15) is 9.90 Å². The zero-order valence-electron chi connectivity index (χ0n) is 10.9. The number of carboxylic acids is 1. The van der Waals surface area contributed by atoms with E-state index in [0.29, 0.717) is 17.1 Å². The Labute approximate surface area is 117 Å². The van der Waals surface area contributed by atoms with Crippen LogP contribution in [0.1, 0.15) is 25.3 Å². The molecule has 1 saturated heterocycles. The van der Waals surface area contributed by atoms with Gasteiger partial charge in [-0.05, 0) is 37.5 Å². The summed E-state index contributed by atoms with van der Waals surface area (Å²) in [5.41, 5.74) is -0.512. The van der Waals surface area contributed by atoms with E-state index in [4.69, 9.17) is 16.3 Å². The Morgan fingerprint density at radius 3 is 3.00 bits per heavy atom. The maximum absolute atomic E-state index is 11.6. The summed E-state index contributed by atoms with van der Waals surface area (Å²) in [6.45, 7) is 2.93. The van der Waals surface area contributed by atoms with Gasteiger partial charge in [0.2, 0.25) is 0 Å². The van der Waals surface area contributed by atoms with Crippen molar-refractivity contribution >= 4 is 17.6 Å². The highest BCUT2D eigenvalue weighted by Gasteiger charge is 2.35. The second-order valence-electron chi connectivity index (χ2n) is 4.96. The van der Waals surface area contributed by atoms with Crippen LogP contribution in [0.4, 0.5) is 0 Å². The third kappa shape index (κ3) is 3.26. The predicted molar refractivity (Wildman–Crippen MR) is 73.4 cm³/mol. The molecule has 1 aliphatic rings. The smallest absolute Gasteiger partial charge is 0.328 e. The fourth-order valence-electron chi connectivity index (χ4n) is 2.22. The Balaban J connectivity index is 2.14. The van der Waals surface area contributed by atoms with Crippen molar-refractivity contribution in [3.63, 3.8) is 0 Å². The Bertz CT molecular complexity index is 460. The number of carbonyl (C=O) groups is 1. The average molecular weight is 284 g/mol. The van der Waals surface area contributed by atoms with Crippen LogP contribution in [0.3, 0.4) is 0 Å². The molecule has 2 N–H and O–H groups in total. The van der Waals surface area contributed by atoms with Gasteiger partial charge in [-0.2, -0.15) is 0 Å². The number of nitrogens with one attached hydrogen (secondary N) is 1. The lowest BCUT2D eigenvalue weighted by Crippen LogP contribution is -2.49. The summed E-state index contributed by atoms with van der Waals surface area (Å²) in [7, 11) is 0. The van der Waals surface area contributed by atoms with Gasteiger partial charge in [-0.3, -0.25) is 5.32 Å². The van der Waals surface area contributed by atoms with Gasteiger partial charge in [-0.25, -0.2) is 4.79 Å². The molecule has 5 heteroatoms. The van der Waals surface area contributed by atoms with Crippen LogP contribution in [0, 0.1) is 0 Å². The second kappa shape index (κ2) is 5.90. The molecule has 0 radical (unpaired) electrons. The number of ether oxygens (including phenoxy) is 1. The minimum absolute atomic E-state index is 0.0952. The molecule has 104 valence electrons. The van der Waals surface area contributed by atoms with E-state index in [2.05, 4.69) is 5.32 Å². The summed E-state index contributed by atoms with van der Waals surface area (Å²) < 4.78 is 5.51. The van der Waals surface area contributed by atoms with Crippen LogP contribution >= 0.6 is 11.6 Å². The van der Waals surface area contributed by atoms with Crippen LogP contribution in [0.25, 0.3) is 0 Å². The molecule has 2 rings (SSSR count). The Morgan fingerprint density at radius 2 is 2.42 bits per heavy atom. The van der Waals surface area contributed by atoms with E-state index >= 15 is 0 Å². The summed E-state index contributed by atoms with van der Waals surface area (Å²) in [5, 5.41) is 13.1. The van der Waals surface area contributed by atoms with Gasteiger partial charge in [-0.1, -0.05) is 23.7 Å². The summed E-state index contributed by atoms with van der Waals surface area (Å²) in [4.78, 5) is 11.6. The lowest BCUT2D eigenvalue weighted by Gasteiger charge is -2.28. The SMILES string of the molecule is CC(NCC1CCCO1)(C(=O)O)c1cccc(Cl)c1. The van der Waals surface area contributed by atoms with Crippen LogP contribution < -0.4 is 5.32 Å². The van der Waals surface area contributed by atoms with Crippen LogP contribution in [-0.2, 0) is 15.1 Å². The van der Waals surface area contributed by atoms with E-state index in [1.54, 1.807) is 31.2 Å². The monoisotopic (exact) mass is 283 g/mol. The van der Waals surface area contributed by atoms with Gasteiger partial charge in [0.15, 0.2) is 0 Å². The molecule has 0 spiro atoms. The van der Waals surface area contributed by atoms with E-state index in [0.717, 1.165) is 19.4 Å². The molecule has 1 aromatic carbocycles. The van der Waals surface area contributed by atoms with Crippen molar-refractivity contribution in [2.75, 3.05) is 13.2 Å². The number of carboxylic acid groups (broad SMARTS) is 1. The van der Waals surface area contributed by atoms with E-state index in [1.807, 2.05) is 0 Å². The number of benzene rings is 1. The molecule has 0 amide bonds. The van der Waals surface area contributed by atoms with E-state index in [1.165, 1.54) is 0 Å². The first-order valence-electron chi connectivity index (χ1n) is 6.38. The molecule has 2 atom stereocenters. The molecule has 0 aromatic heterocycles. The van der Waals surface area contributed by atoms with E-state index in [-0.39, 0.29) is 6.10 Å². The lowest BCUT2D eigenvalue weighted by atomic mass is 9.92. The van der Waals surface area contributed by atoms with Crippen molar-refractivity contribution in [2.24, 2.45) is 0 Å². The molecule has 19 heavy (non-hydrogen) atoms. The zero-order chi connectivity index (χ0) is 13.9. The van der Waals surface area contributed by atoms with Gasteiger partial charge < -0.3 is 9.84 Å². The molecule has 4 nitrogen and oxygen atoms in total. The van der Waals surface area contributed by atoms with E-state index < -0.39 is 11.5 Å². The third-order valence-corrected chi connectivity index (χ3v) is 3.77. The van der Waals surface area contributed by atoms with Crippen LogP contribution in [0.2, 0.25) is 5.02 Å². The molecule has 1 aromatic rings. The zero-order valence-corrected chi connectivity index (χ0v) is 11.6. The number of rotatable bonds is 5. The normalized spacial score (nSPS) is 22.1. The minimum Gasteiger partial charge on any atom is -0.480 e. The predicted octanol–water partition coefficient (Wildman–Crippen LogP) is 2.41. The average Bonchev–Trinajstić information content (AvgIpc) is 2.88. The first-order valence-corrected chi connectivity index (χ1v) is 6.76. The van der Waals surface area contributed by atoms with Gasteiger partial charge in [0, 0.05) is 18.2 Å². The van der Waals surface area contributed by atoms with Gasteiger partial charge in [-0.15, -0.1) is 0 Å². The van der Waals surface area contributed by atoms with Gasteiger partial charge in [0.25, 0.3) is 0 Å². The van der Waals surface area contributed by atoms with Gasteiger partial charge in [0.1, 0.15) is 5.54 Å². The number of halogens is 1. The maximum atomic E-state index is 11.6. The molecule has 0 bridgehead atoms. The highest BCUT2D eigenvalue weighted by molar-refractivity contribution is 6.30. The fraction of sp³-hybridized carbons (Fsp3) is 0.500. The molecule has 0 aliphatic carbocycles. The minimum atomic E-state index is -1.16. The highest BCUT2D eigenvalue weighted by atomic mass is 35.5. The molecule has 2 unspecified atom stereocenters. The summed E-state index contributed by atoms with van der Waals surface area (Å²) in [6.07, 6.45) is 2.10. The lowest BCUT2D eigenvalue weighted by molar-refractivity contribution is -0.144. The highest BCUT2D eigenvalue weighted by Crippen LogP contribution is 2.24. The molecular weight excluding hydrogens is 266 g/mol. The summed E-state index contributed by atoms with van der Waals surface area (Å²) in [5.74, 6) is -0.923. The maximum Gasteiger partial charge on any atom is 0.328 e. The largest absolute Gasteiger partial charge is 0.480 e. The molecule has 1 fully saturated rings. The van der Waals surface area contributed by atoms with Crippen molar-refractivity contribution in [3.8, 4) is 0 Å². The van der Waals surface area contributed by atoms with Gasteiger partial charge >= 0.3 is 5.97 Å². The van der Waals surface area contributed by atoms with Crippen LogP contribution in [-0.4, -0.2) is 30.3 Å².